The van der Waals surface area contributed by atoms with E-state index in [0.717, 1.165) is 6.26 Å². The molecular formula is C24H18F2N2O3S. The number of sulfone groups is 1. The topological polar surface area (TPSA) is 69.0 Å². The van der Waals surface area contributed by atoms with Gasteiger partial charge in [0.25, 0.3) is 5.56 Å². The summed E-state index contributed by atoms with van der Waals surface area (Å²) >= 11 is 0. The minimum Gasteiger partial charge on any atom is -0.267 e. The van der Waals surface area contributed by atoms with Gasteiger partial charge in [-0.3, -0.25) is 4.79 Å². The highest BCUT2D eigenvalue weighted by atomic mass is 32.2. The molecule has 0 aliphatic heterocycles. The standard InChI is InChI=1S/C24H18F2N2O3S/c1-32(30,31)21-12-6-17(7-13-21)22-14-27-28(15-16-2-8-19(25)9-3-16)24(29)23(22)18-4-10-20(26)11-5-18/h2-14H,15H2,1H3. The number of halogens is 2. The fraction of sp³-hybridized carbons (Fsp3) is 0.0833. The van der Waals surface area contributed by atoms with Crippen LogP contribution in [0, 0.1) is 11.6 Å². The average molecular weight is 452 g/mol. The number of nitrogens with zero attached hydrogens (tertiary/aromatic N) is 2. The predicted molar refractivity (Wildman–Crippen MR) is 118 cm³/mol. The van der Waals surface area contributed by atoms with Gasteiger partial charge in [-0.15, -0.1) is 0 Å². The molecular weight excluding hydrogens is 434 g/mol. The van der Waals surface area contributed by atoms with Crippen molar-refractivity contribution in [1.29, 1.82) is 0 Å². The van der Waals surface area contributed by atoms with Gasteiger partial charge >= 0.3 is 0 Å². The van der Waals surface area contributed by atoms with E-state index in [-0.39, 0.29) is 17.3 Å². The van der Waals surface area contributed by atoms with Crippen molar-refractivity contribution in [2.24, 2.45) is 0 Å². The fourth-order valence-electron chi connectivity index (χ4n) is 3.36. The van der Waals surface area contributed by atoms with Crippen LogP contribution in [-0.4, -0.2) is 24.5 Å². The zero-order valence-electron chi connectivity index (χ0n) is 17.0. The van der Waals surface area contributed by atoms with Gasteiger partial charge in [0.1, 0.15) is 11.6 Å². The Kier molecular flexibility index (Phi) is 5.71. The quantitative estimate of drug-likeness (QED) is 0.453. The molecule has 162 valence electrons. The number of hydrogen-bond donors (Lipinski definition) is 0. The summed E-state index contributed by atoms with van der Waals surface area (Å²) in [6.45, 7) is 0.126. The molecule has 0 saturated heterocycles. The van der Waals surface area contributed by atoms with Crippen molar-refractivity contribution in [1.82, 2.24) is 9.78 Å². The van der Waals surface area contributed by atoms with Crippen molar-refractivity contribution < 1.29 is 17.2 Å². The highest BCUT2D eigenvalue weighted by Crippen LogP contribution is 2.29. The molecule has 8 heteroatoms. The highest BCUT2D eigenvalue weighted by Gasteiger charge is 2.17. The van der Waals surface area contributed by atoms with Crippen LogP contribution in [0.2, 0.25) is 0 Å². The molecule has 0 atom stereocenters. The largest absolute Gasteiger partial charge is 0.275 e. The minimum absolute atomic E-state index is 0.126. The van der Waals surface area contributed by atoms with E-state index >= 15 is 0 Å². The Labute approximate surface area is 183 Å². The Hall–Kier alpha value is -3.65. The minimum atomic E-state index is -3.37. The molecule has 0 radical (unpaired) electrons. The van der Waals surface area contributed by atoms with Crippen molar-refractivity contribution >= 4 is 9.84 Å². The molecule has 4 aromatic rings. The molecule has 0 bridgehead atoms. The van der Waals surface area contributed by atoms with E-state index in [0.29, 0.717) is 27.8 Å². The van der Waals surface area contributed by atoms with Crippen LogP contribution in [0.4, 0.5) is 8.78 Å². The molecule has 0 aliphatic rings. The molecule has 0 N–H and O–H groups in total. The fourth-order valence-corrected chi connectivity index (χ4v) is 3.99. The summed E-state index contributed by atoms with van der Waals surface area (Å²) < 4.78 is 51.5. The number of aromatic nitrogens is 2. The third-order valence-corrected chi connectivity index (χ3v) is 6.14. The Bertz CT molecular complexity index is 1430. The summed E-state index contributed by atoms with van der Waals surface area (Å²) in [6, 6.07) is 17.4. The smallest absolute Gasteiger partial charge is 0.267 e. The summed E-state index contributed by atoms with van der Waals surface area (Å²) in [6.07, 6.45) is 2.63. The van der Waals surface area contributed by atoms with Gasteiger partial charge in [-0.05, 0) is 53.1 Å². The van der Waals surface area contributed by atoms with E-state index < -0.39 is 21.2 Å². The van der Waals surface area contributed by atoms with E-state index in [9.17, 15) is 22.0 Å². The Morgan fingerprint density at radius 2 is 1.34 bits per heavy atom. The molecule has 3 aromatic carbocycles. The molecule has 0 unspecified atom stereocenters. The second-order valence-corrected chi connectivity index (χ2v) is 9.34. The monoisotopic (exact) mass is 452 g/mol. The van der Waals surface area contributed by atoms with Crippen LogP contribution in [0.3, 0.4) is 0 Å². The number of benzene rings is 3. The van der Waals surface area contributed by atoms with Crippen LogP contribution < -0.4 is 5.56 Å². The van der Waals surface area contributed by atoms with Crippen molar-refractivity contribution in [2.45, 2.75) is 11.4 Å². The van der Waals surface area contributed by atoms with E-state index in [4.69, 9.17) is 0 Å². The molecule has 0 spiro atoms. The molecule has 0 aliphatic carbocycles. The van der Waals surface area contributed by atoms with Crippen LogP contribution in [0.5, 0.6) is 0 Å². The zero-order chi connectivity index (χ0) is 22.9. The maximum absolute atomic E-state index is 13.5. The molecule has 0 fully saturated rings. The summed E-state index contributed by atoms with van der Waals surface area (Å²) in [5.74, 6) is -0.817. The number of hydrogen-bond acceptors (Lipinski definition) is 4. The van der Waals surface area contributed by atoms with Crippen molar-refractivity contribution in [3.63, 3.8) is 0 Å². The lowest BCUT2D eigenvalue weighted by molar-refractivity contribution is 0.602. The van der Waals surface area contributed by atoms with Gasteiger partial charge in [0, 0.05) is 11.8 Å². The zero-order valence-corrected chi connectivity index (χ0v) is 17.8. The van der Waals surface area contributed by atoms with E-state index in [1.165, 1.54) is 59.4 Å². The first-order valence-electron chi connectivity index (χ1n) is 9.63. The summed E-state index contributed by atoms with van der Waals surface area (Å²) in [5, 5.41) is 4.27. The van der Waals surface area contributed by atoms with E-state index in [2.05, 4.69) is 5.10 Å². The van der Waals surface area contributed by atoms with Gasteiger partial charge in [-0.2, -0.15) is 5.10 Å². The van der Waals surface area contributed by atoms with Gasteiger partial charge in [-0.25, -0.2) is 21.9 Å². The van der Waals surface area contributed by atoms with Gasteiger partial charge in [0.15, 0.2) is 9.84 Å². The number of rotatable bonds is 5. The van der Waals surface area contributed by atoms with E-state index in [1.807, 2.05) is 0 Å². The molecule has 0 amide bonds. The molecule has 1 heterocycles. The molecule has 32 heavy (non-hydrogen) atoms. The predicted octanol–water partition coefficient (Wildman–Crippen LogP) is 4.31. The van der Waals surface area contributed by atoms with Gasteiger partial charge in [-0.1, -0.05) is 36.4 Å². The first kappa shape index (κ1) is 21.6. The third kappa shape index (κ3) is 4.50. The van der Waals surface area contributed by atoms with Crippen LogP contribution in [0.1, 0.15) is 5.56 Å². The van der Waals surface area contributed by atoms with Crippen LogP contribution in [0.25, 0.3) is 22.3 Å². The lowest BCUT2D eigenvalue weighted by atomic mass is 9.97. The summed E-state index contributed by atoms with van der Waals surface area (Å²) in [4.78, 5) is 13.5. The lowest BCUT2D eigenvalue weighted by Gasteiger charge is -2.13. The Morgan fingerprint density at radius 1 is 0.812 bits per heavy atom. The third-order valence-electron chi connectivity index (χ3n) is 5.02. The normalized spacial score (nSPS) is 11.5. The molecule has 5 nitrogen and oxygen atoms in total. The van der Waals surface area contributed by atoms with Crippen molar-refractivity contribution in [3.05, 3.63) is 107 Å². The molecule has 4 rings (SSSR count). The van der Waals surface area contributed by atoms with Crippen molar-refractivity contribution in [3.8, 4) is 22.3 Å². The van der Waals surface area contributed by atoms with Crippen LogP contribution in [-0.2, 0) is 16.4 Å². The first-order valence-corrected chi connectivity index (χ1v) is 11.5. The lowest BCUT2D eigenvalue weighted by Crippen LogP contribution is -2.25. The van der Waals surface area contributed by atoms with E-state index in [1.54, 1.807) is 24.3 Å². The maximum atomic E-state index is 13.5. The highest BCUT2D eigenvalue weighted by molar-refractivity contribution is 7.90. The summed E-state index contributed by atoms with van der Waals surface area (Å²) in [7, 11) is -3.37. The SMILES string of the molecule is CS(=O)(=O)c1ccc(-c2cnn(Cc3ccc(F)cc3)c(=O)c2-c2ccc(F)cc2)cc1. The Morgan fingerprint density at radius 3 is 1.91 bits per heavy atom. The maximum Gasteiger partial charge on any atom is 0.275 e. The van der Waals surface area contributed by atoms with Gasteiger partial charge < -0.3 is 0 Å². The molecule has 1 aromatic heterocycles. The summed E-state index contributed by atoms with van der Waals surface area (Å²) in [5.41, 5.74) is 2.15. The second-order valence-electron chi connectivity index (χ2n) is 7.33. The van der Waals surface area contributed by atoms with Gasteiger partial charge in [0.05, 0.1) is 23.2 Å². The first-order chi connectivity index (χ1) is 15.2. The average Bonchev–Trinajstić information content (AvgIpc) is 2.77. The van der Waals surface area contributed by atoms with Gasteiger partial charge in [0.2, 0.25) is 0 Å². The molecule has 0 saturated carbocycles. The Balaban J connectivity index is 1.86. The van der Waals surface area contributed by atoms with Crippen LogP contribution in [0.15, 0.2) is 88.7 Å². The van der Waals surface area contributed by atoms with Crippen LogP contribution >= 0.6 is 0 Å². The second kappa shape index (κ2) is 8.47. The van der Waals surface area contributed by atoms with Crippen molar-refractivity contribution in [2.75, 3.05) is 6.26 Å².